The zero-order valence-electron chi connectivity index (χ0n) is 21.0. The predicted molar refractivity (Wildman–Crippen MR) is 140 cm³/mol. The van der Waals surface area contributed by atoms with Gasteiger partial charge in [0.25, 0.3) is 5.91 Å². The van der Waals surface area contributed by atoms with Crippen LogP contribution in [0.3, 0.4) is 0 Å². The molecule has 5 rings (SSSR count). The molecule has 1 aromatic carbocycles. The first-order valence-corrected chi connectivity index (χ1v) is 12.9. The second kappa shape index (κ2) is 11.7. The SMILES string of the molecule is O=C(NCCN1CCOCC1)c1nc2c(c(Nc3ccc(C(F)(F)F)cc3)n1)CCN(c1ncccc1Cl)C2. The van der Waals surface area contributed by atoms with Crippen LogP contribution in [0.4, 0.5) is 30.5 Å². The van der Waals surface area contributed by atoms with E-state index in [9.17, 15) is 18.0 Å². The summed E-state index contributed by atoms with van der Waals surface area (Å²) in [6.45, 7) is 4.93. The minimum absolute atomic E-state index is 0.0286. The Hall–Kier alpha value is -3.48. The van der Waals surface area contributed by atoms with Gasteiger partial charge in [-0.05, 0) is 42.8 Å². The Labute approximate surface area is 228 Å². The van der Waals surface area contributed by atoms with Gasteiger partial charge in [0.15, 0.2) is 0 Å². The van der Waals surface area contributed by atoms with Crippen LogP contribution in [0.2, 0.25) is 5.02 Å². The summed E-state index contributed by atoms with van der Waals surface area (Å²) in [5, 5.41) is 6.47. The number of morpholine rings is 1. The highest BCUT2D eigenvalue weighted by molar-refractivity contribution is 6.32. The van der Waals surface area contributed by atoms with Gasteiger partial charge in [-0.15, -0.1) is 0 Å². The van der Waals surface area contributed by atoms with E-state index in [1.165, 1.54) is 12.1 Å². The Morgan fingerprint density at radius 1 is 1.08 bits per heavy atom. The quantitative estimate of drug-likeness (QED) is 0.448. The molecule has 1 fully saturated rings. The highest BCUT2D eigenvalue weighted by Gasteiger charge is 2.30. The monoisotopic (exact) mass is 561 g/mol. The number of fused-ring (bicyclic) bond motifs is 1. The first kappa shape index (κ1) is 27.1. The van der Waals surface area contributed by atoms with Crippen molar-refractivity contribution < 1.29 is 22.7 Å². The molecular weight excluding hydrogens is 535 g/mol. The summed E-state index contributed by atoms with van der Waals surface area (Å²) in [6, 6.07) is 8.17. The average molecular weight is 562 g/mol. The lowest BCUT2D eigenvalue weighted by atomic mass is 10.0. The molecule has 0 unspecified atom stereocenters. The van der Waals surface area contributed by atoms with Gasteiger partial charge in [-0.1, -0.05) is 11.6 Å². The summed E-state index contributed by atoms with van der Waals surface area (Å²) in [5.41, 5.74) is 1.06. The second-order valence-electron chi connectivity index (χ2n) is 9.21. The van der Waals surface area contributed by atoms with E-state index < -0.39 is 17.6 Å². The topological polar surface area (TPSA) is 95.5 Å². The summed E-state index contributed by atoms with van der Waals surface area (Å²) in [6.07, 6.45) is -2.26. The minimum Gasteiger partial charge on any atom is -0.379 e. The summed E-state index contributed by atoms with van der Waals surface area (Å²) in [4.78, 5) is 30.7. The average Bonchev–Trinajstić information content (AvgIpc) is 2.93. The van der Waals surface area contributed by atoms with Crippen molar-refractivity contribution in [2.24, 2.45) is 0 Å². The molecule has 206 valence electrons. The maximum Gasteiger partial charge on any atom is 0.416 e. The molecular formula is C26H27ClF3N7O2. The number of carbonyl (C=O) groups excluding carboxylic acids is 1. The fraction of sp³-hybridized carbons (Fsp3) is 0.385. The van der Waals surface area contributed by atoms with E-state index in [1.807, 2.05) is 4.90 Å². The number of ether oxygens (including phenoxy) is 1. The third-order valence-electron chi connectivity index (χ3n) is 6.60. The molecule has 2 aliphatic heterocycles. The molecule has 13 heteroatoms. The van der Waals surface area contributed by atoms with Crippen molar-refractivity contribution in [2.45, 2.75) is 19.1 Å². The van der Waals surface area contributed by atoms with Gasteiger partial charge in [-0.2, -0.15) is 13.2 Å². The molecule has 2 aromatic heterocycles. The van der Waals surface area contributed by atoms with E-state index >= 15 is 0 Å². The lowest BCUT2D eigenvalue weighted by molar-refractivity contribution is -0.137. The smallest absolute Gasteiger partial charge is 0.379 e. The predicted octanol–water partition coefficient (Wildman–Crippen LogP) is 3.91. The van der Waals surface area contributed by atoms with Crippen LogP contribution in [0.1, 0.15) is 27.4 Å². The number of nitrogens with one attached hydrogen (secondary N) is 2. The number of benzene rings is 1. The fourth-order valence-electron chi connectivity index (χ4n) is 4.54. The Balaban J connectivity index is 1.39. The lowest BCUT2D eigenvalue weighted by Gasteiger charge is -2.30. The number of amides is 1. The maximum absolute atomic E-state index is 13.1. The van der Waals surface area contributed by atoms with E-state index in [4.69, 9.17) is 16.3 Å². The van der Waals surface area contributed by atoms with Crippen LogP contribution in [0.25, 0.3) is 0 Å². The zero-order valence-corrected chi connectivity index (χ0v) is 21.7. The normalized spacial score (nSPS) is 16.1. The van der Waals surface area contributed by atoms with Gasteiger partial charge >= 0.3 is 6.18 Å². The molecule has 3 aromatic rings. The number of nitrogens with zero attached hydrogens (tertiary/aromatic N) is 5. The molecule has 39 heavy (non-hydrogen) atoms. The van der Waals surface area contributed by atoms with Crippen molar-refractivity contribution in [1.82, 2.24) is 25.2 Å². The summed E-state index contributed by atoms with van der Waals surface area (Å²) in [7, 11) is 0. The fourth-order valence-corrected chi connectivity index (χ4v) is 4.78. The summed E-state index contributed by atoms with van der Waals surface area (Å²) < 4.78 is 44.4. The van der Waals surface area contributed by atoms with Crippen LogP contribution in [0.5, 0.6) is 0 Å². The van der Waals surface area contributed by atoms with Crippen molar-refractivity contribution >= 4 is 34.8 Å². The number of anilines is 3. The minimum atomic E-state index is -4.44. The van der Waals surface area contributed by atoms with Crippen LogP contribution >= 0.6 is 11.6 Å². The van der Waals surface area contributed by atoms with E-state index in [1.54, 1.807) is 18.3 Å². The lowest BCUT2D eigenvalue weighted by Crippen LogP contribution is -2.41. The summed E-state index contributed by atoms with van der Waals surface area (Å²) >= 11 is 6.37. The van der Waals surface area contributed by atoms with Crippen LogP contribution in [0.15, 0.2) is 42.6 Å². The maximum atomic E-state index is 13.1. The Kier molecular flexibility index (Phi) is 8.15. The van der Waals surface area contributed by atoms with E-state index in [0.717, 1.165) is 30.8 Å². The van der Waals surface area contributed by atoms with Crippen LogP contribution in [-0.2, 0) is 23.9 Å². The van der Waals surface area contributed by atoms with Crippen molar-refractivity contribution in [3.8, 4) is 0 Å². The molecule has 0 aliphatic carbocycles. The molecule has 0 bridgehead atoms. The van der Waals surface area contributed by atoms with Crippen LogP contribution in [-0.4, -0.2) is 71.7 Å². The van der Waals surface area contributed by atoms with Crippen LogP contribution in [0, 0.1) is 0 Å². The molecule has 0 spiro atoms. The summed E-state index contributed by atoms with van der Waals surface area (Å²) in [5.74, 6) is 0.524. The molecule has 1 saturated heterocycles. The second-order valence-corrected chi connectivity index (χ2v) is 9.62. The van der Waals surface area contributed by atoms with Gasteiger partial charge < -0.3 is 20.3 Å². The van der Waals surface area contributed by atoms with Gasteiger partial charge in [0.2, 0.25) is 5.82 Å². The van der Waals surface area contributed by atoms with Gasteiger partial charge in [0.05, 0.1) is 36.0 Å². The van der Waals surface area contributed by atoms with Gasteiger partial charge in [0.1, 0.15) is 11.6 Å². The van der Waals surface area contributed by atoms with E-state index in [0.29, 0.717) is 73.9 Å². The number of halogens is 4. The van der Waals surface area contributed by atoms with Gasteiger partial charge in [-0.25, -0.2) is 15.0 Å². The number of hydrogen-bond acceptors (Lipinski definition) is 8. The van der Waals surface area contributed by atoms with Gasteiger partial charge in [-0.3, -0.25) is 9.69 Å². The molecule has 2 N–H and O–H groups in total. The molecule has 0 saturated carbocycles. The molecule has 2 aliphatic rings. The molecule has 0 atom stereocenters. The number of carbonyl (C=O) groups is 1. The zero-order chi connectivity index (χ0) is 27.4. The first-order chi connectivity index (χ1) is 18.8. The number of alkyl halides is 3. The third-order valence-corrected chi connectivity index (χ3v) is 6.89. The Morgan fingerprint density at radius 3 is 2.56 bits per heavy atom. The largest absolute Gasteiger partial charge is 0.416 e. The number of rotatable bonds is 7. The third kappa shape index (κ3) is 6.57. The number of aromatic nitrogens is 3. The highest BCUT2D eigenvalue weighted by atomic mass is 35.5. The number of hydrogen-bond donors (Lipinski definition) is 2. The molecule has 4 heterocycles. The number of pyridine rings is 1. The molecule has 1 amide bonds. The van der Waals surface area contributed by atoms with Crippen molar-refractivity contribution in [2.75, 3.05) is 56.2 Å². The van der Waals surface area contributed by atoms with E-state index in [2.05, 4.69) is 30.5 Å². The first-order valence-electron chi connectivity index (χ1n) is 12.6. The standard InChI is InChI=1S/C26H27ClF3N7O2/c27-20-2-1-8-31-24(20)37-10-7-19-21(16-37)34-23(25(38)32-9-11-36-12-14-39-15-13-36)35-22(19)33-18-5-3-17(4-6-18)26(28,29)30/h1-6,8H,7,9-16H2,(H,32,38)(H,33,34,35). The van der Waals surface area contributed by atoms with Crippen LogP contribution < -0.4 is 15.5 Å². The Morgan fingerprint density at radius 2 is 1.85 bits per heavy atom. The van der Waals surface area contributed by atoms with E-state index in [-0.39, 0.29) is 5.82 Å². The van der Waals surface area contributed by atoms with Gasteiger partial charge in [0, 0.05) is 50.2 Å². The highest BCUT2D eigenvalue weighted by Crippen LogP contribution is 2.33. The molecule has 9 nitrogen and oxygen atoms in total. The van der Waals surface area contributed by atoms with Crippen molar-refractivity contribution in [1.29, 1.82) is 0 Å². The van der Waals surface area contributed by atoms with Crippen molar-refractivity contribution in [3.05, 3.63) is 70.3 Å². The molecule has 0 radical (unpaired) electrons. The van der Waals surface area contributed by atoms with Crippen molar-refractivity contribution in [3.63, 3.8) is 0 Å². The Bertz CT molecular complexity index is 1320.